The Morgan fingerprint density at radius 3 is 2.65 bits per heavy atom. The number of carboxylic acid groups (broad SMARTS) is 1. The van der Waals surface area contributed by atoms with Gasteiger partial charge in [0.25, 0.3) is 0 Å². The first-order valence-electron chi connectivity index (χ1n) is 9.23. The van der Waals surface area contributed by atoms with Crippen molar-refractivity contribution in [3.05, 3.63) is 62.9 Å². The van der Waals surface area contributed by atoms with Crippen molar-refractivity contribution in [2.75, 3.05) is 13.1 Å². The summed E-state index contributed by atoms with van der Waals surface area (Å²) >= 11 is 3.56. The van der Waals surface area contributed by atoms with Crippen molar-refractivity contribution in [2.24, 2.45) is 5.92 Å². The molecule has 1 aromatic carbocycles. The summed E-state index contributed by atoms with van der Waals surface area (Å²) in [5.74, 6) is -0.879. The van der Waals surface area contributed by atoms with Crippen molar-refractivity contribution < 1.29 is 9.90 Å². The van der Waals surface area contributed by atoms with Gasteiger partial charge in [-0.15, -0.1) is 0 Å². The highest BCUT2D eigenvalue weighted by atomic mass is 79.9. The van der Waals surface area contributed by atoms with E-state index in [-0.39, 0.29) is 12.0 Å². The summed E-state index contributed by atoms with van der Waals surface area (Å²) in [6.07, 6.45) is 5.30. The summed E-state index contributed by atoms with van der Waals surface area (Å²) in [5, 5.41) is 9.32. The van der Waals surface area contributed by atoms with Crippen LogP contribution >= 0.6 is 15.9 Å². The molecule has 0 saturated carbocycles. The number of hydrogen-bond donors (Lipinski definition) is 1. The quantitative estimate of drug-likeness (QED) is 0.801. The van der Waals surface area contributed by atoms with Gasteiger partial charge in [0.1, 0.15) is 0 Å². The summed E-state index contributed by atoms with van der Waals surface area (Å²) in [6, 6.07) is 9.04. The van der Waals surface area contributed by atoms with Gasteiger partial charge in [-0.05, 0) is 84.4 Å². The Balaban J connectivity index is 1.76. The van der Waals surface area contributed by atoms with Gasteiger partial charge in [0, 0.05) is 10.7 Å². The molecule has 1 fully saturated rings. The van der Waals surface area contributed by atoms with E-state index in [2.05, 4.69) is 52.0 Å². The molecular weight excluding hydrogens is 392 g/mol. The molecular formula is C21H23BrN2O2. The third-order valence-electron chi connectivity index (χ3n) is 5.73. The molecule has 2 aromatic rings. The fourth-order valence-corrected chi connectivity index (χ4v) is 4.73. The van der Waals surface area contributed by atoms with E-state index in [0.717, 1.165) is 36.1 Å². The number of carboxylic acids is 1. The Labute approximate surface area is 162 Å². The van der Waals surface area contributed by atoms with Crippen LogP contribution in [0.25, 0.3) is 0 Å². The Bertz CT molecular complexity index is 790. The van der Waals surface area contributed by atoms with Gasteiger partial charge in [-0.2, -0.15) is 0 Å². The topological polar surface area (TPSA) is 53.4 Å². The van der Waals surface area contributed by atoms with Gasteiger partial charge in [0.2, 0.25) is 0 Å². The van der Waals surface area contributed by atoms with Crippen LogP contribution < -0.4 is 0 Å². The van der Waals surface area contributed by atoms with Gasteiger partial charge < -0.3 is 5.11 Å². The molecule has 1 aromatic heterocycles. The molecule has 4 nitrogen and oxygen atoms in total. The summed E-state index contributed by atoms with van der Waals surface area (Å²) in [4.78, 5) is 18.6. The van der Waals surface area contributed by atoms with E-state index in [4.69, 9.17) is 4.98 Å². The minimum Gasteiger partial charge on any atom is -0.481 e. The monoisotopic (exact) mass is 414 g/mol. The molecule has 1 aliphatic carbocycles. The van der Waals surface area contributed by atoms with Gasteiger partial charge >= 0.3 is 5.97 Å². The molecule has 4 rings (SSSR count). The first-order chi connectivity index (χ1) is 12.5. The van der Waals surface area contributed by atoms with Crippen LogP contribution in [0.1, 0.15) is 46.8 Å². The van der Waals surface area contributed by atoms with E-state index < -0.39 is 5.97 Å². The van der Waals surface area contributed by atoms with Crippen molar-refractivity contribution in [3.63, 3.8) is 0 Å². The van der Waals surface area contributed by atoms with Gasteiger partial charge in [-0.3, -0.25) is 14.7 Å². The van der Waals surface area contributed by atoms with Gasteiger partial charge in [-0.25, -0.2) is 0 Å². The second-order valence-corrected chi connectivity index (χ2v) is 8.37. The van der Waals surface area contributed by atoms with E-state index in [1.54, 1.807) is 0 Å². The van der Waals surface area contributed by atoms with Crippen LogP contribution in [0.5, 0.6) is 0 Å². The molecule has 1 atom stereocenters. The van der Waals surface area contributed by atoms with E-state index in [9.17, 15) is 9.90 Å². The van der Waals surface area contributed by atoms with E-state index >= 15 is 0 Å². The Morgan fingerprint density at radius 1 is 1.19 bits per heavy atom. The number of aliphatic carboxylic acids is 1. The van der Waals surface area contributed by atoms with Crippen LogP contribution in [0.4, 0.5) is 0 Å². The molecule has 1 N–H and O–H groups in total. The van der Waals surface area contributed by atoms with Crippen LogP contribution in [-0.4, -0.2) is 34.0 Å². The molecule has 5 heteroatoms. The van der Waals surface area contributed by atoms with Crippen molar-refractivity contribution in [1.29, 1.82) is 0 Å². The molecule has 26 heavy (non-hydrogen) atoms. The Morgan fingerprint density at radius 2 is 1.92 bits per heavy atom. The standard InChI is InChI=1S/C21H23BrN2O2/c1-13-2-5-18-15(10-13)3-4-16-11-17(22)12-23-19(16)20(18)24-8-6-14(7-9-24)21(25)26/h2,5,10-12,14,20H,3-4,6-9H2,1H3,(H,25,26). The third kappa shape index (κ3) is 3.30. The SMILES string of the molecule is Cc1ccc2c(c1)CCc1cc(Br)cnc1C2N1CCC(C(=O)O)CC1. The first kappa shape index (κ1) is 17.7. The highest BCUT2D eigenvalue weighted by Gasteiger charge is 2.34. The molecule has 136 valence electrons. The number of nitrogens with zero attached hydrogens (tertiary/aromatic N) is 2. The third-order valence-corrected chi connectivity index (χ3v) is 6.16. The second kappa shape index (κ2) is 7.12. The zero-order valence-corrected chi connectivity index (χ0v) is 16.5. The van der Waals surface area contributed by atoms with E-state index in [0.29, 0.717) is 12.8 Å². The zero-order chi connectivity index (χ0) is 18.3. The maximum absolute atomic E-state index is 11.3. The number of pyridine rings is 1. The number of hydrogen-bond acceptors (Lipinski definition) is 3. The minimum absolute atomic E-state index is 0.117. The van der Waals surface area contributed by atoms with Crippen LogP contribution in [0.3, 0.4) is 0 Å². The number of carbonyl (C=O) groups is 1. The van der Waals surface area contributed by atoms with E-state index in [1.165, 1.54) is 22.3 Å². The highest BCUT2D eigenvalue weighted by molar-refractivity contribution is 9.10. The average molecular weight is 415 g/mol. The molecule has 0 spiro atoms. The number of benzene rings is 1. The summed E-state index contributed by atoms with van der Waals surface area (Å²) in [6.45, 7) is 3.73. The number of halogens is 1. The molecule has 1 saturated heterocycles. The molecule has 2 heterocycles. The fourth-order valence-electron chi connectivity index (χ4n) is 4.35. The molecule has 2 aliphatic rings. The maximum atomic E-state index is 11.3. The molecule has 0 radical (unpaired) electrons. The number of fused-ring (bicyclic) bond motifs is 2. The lowest BCUT2D eigenvalue weighted by Gasteiger charge is -2.37. The highest BCUT2D eigenvalue weighted by Crippen LogP contribution is 2.38. The number of rotatable bonds is 2. The van der Waals surface area contributed by atoms with Crippen molar-refractivity contribution in [1.82, 2.24) is 9.88 Å². The predicted octanol–water partition coefficient (Wildman–Crippen LogP) is 4.14. The summed E-state index contributed by atoms with van der Waals surface area (Å²) in [7, 11) is 0. The molecule has 0 amide bonds. The van der Waals surface area contributed by atoms with E-state index in [1.807, 2.05) is 6.20 Å². The number of aryl methyl sites for hydroxylation is 3. The lowest BCUT2D eigenvalue weighted by molar-refractivity contribution is -0.143. The second-order valence-electron chi connectivity index (χ2n) is 7.45. The smallest absolute Gasteiger partial charge is 0.306 e. The lowest BCUT2D eigenvalue weighted by Crippen LogP contribution is -2.39. The van der Waals surface area contributed by atoms with Crippen molar-refractivity contribution in [2.45, 2.75) is 38.6 Å². The molecule has 1 aliphatic heterocycles. The lowest BCUT2D eigenvalue weighted by atomic mass is 9.91. The predicted molar refractivity (Wildman–Crippen MR) is 104 cm³/mol. The molecule has 0 bridgehead atoms. The number of likely N-dealkylation sites (tertiary alicyclic amines) is 1. The first-order valence-corrected chi connectivity index (χ1v) is 10.0. The van der Waals surface area contributed by atoms with Gasteiger partial charge in [0.15, 0.2) is 0 Å². The Kier molecular flexibility index (Phi) is 4.84. The zero-order valence-electron chi connectivity index (χ0n) is 14.9. The summed E-state index contributed by atoms with van der Waals surface area (Å²) in [5.41, 5.74) is 6.43. The fraction of sp³-hybridized carbons (Fsp3) is 0.429. The van der Waals surface area contributed by atoms with Crippen molar-refractivity contribution >= 4 is 21.9 Å². The normalized spacial score (nSPS) is 20.9. The summed E-state index contributed by atoms with van der Waals surface area (Å²) < 4.78 is 1.02. The van der Waals surface area contributed by atoms with Gasteiger partial charge in [0.05, 0.1) is 17.7 Å². The van der Waals surface area contributed by atoms with Crippen LogP contribution in [0, 0.1) is 12.8 Å². The van der Waals surface area contributed by atoms with Crippen molar-refractivity contribution in [3.8, 4) is 0 Å². The van der Waals surface area contributed by atoms with Crippen LogP contribution in [-0.2, 0) is 17.6 Å². The largest absolute Gasteiger partial charge is 0.481 e. The number of piperidine rings is 1. The van der Waals surface area contributed by atoms with Crippen LogP contribution in [0.15, 0.2) is 34.9 Å². The van der Waals surface area contributed by atoms with Crippen LogP contribution in [0.2, 0.25) is 0 Å². The number of aromatic nitrogens is 1. The Hall–Kier alpha value is -1.72. The minimum atomic E-state index is -0.663. The maximum Gasteiger partial charge on any atom is 0.306 e. The van der Waals surface area contributed by atoms with Gasteiger partial charge in [-0.1, -0.05) is 23.8 Å². The average Bonchev–Trinajstić information content (AvgIpc) is 2.78. The molecule has 1 unspecified atom stereocenters.